The topological polar surface area (TPSA) is 75.8 Å². The van der Waals surface area contributed by atoms with Crippen LogP contribution in [0.5, 0.6) is 0 Å². The van der Waals surface area contributed by atoms with Crippen molar-refractivity contribution in [3.63, 3.8) is 0 Å². The molecular weight excluding hydrogens is 296 g/mol. The molecule has 23 heavy (non-hydrogen) atoms. The second-order valence-corrected chi connectivity index (χ2v) is 5.90. The quantitative estimate of drug-likeness (QED) is 0.923. The Labute approximate surface area is 134 Å². The van der Waals surface area contributed by atoms with Crippen LogP contribution >= 0.6 is 0 Å². The molecule has 0 bridgehead atoms. The third kappa shape index (κ3) is 3.43. The Bertz CT molecular complexity index is 670. The fourth-order valence-electron chi connectivity index (χ4n) is 2.87. The zero-order valence-electron chi connectivity index (χ0n) is 13.1. The number of hydrogen-bond acceptors (Lipinski definition) is 5. The summed E-state index contributed by atoms with van der Waals surface area (Å²) >= 11 is 0. The molecule has 1 saturated heterocycles. The van der Waals surface area contributed by atoms with Gasteiger partial charge in [0.25, 0.3) is 5.91 Å². The van der Waals surface area contributed by atoms with Gasteiger partial charge in [-0.25, -0.2) is 0 Å². The van der Waals surface area contributed by atoms with Crippen molar-refractivity contribution in [1.82, 2.24) is 10.1 Å². The largest absolute Gasteiger partial charge is 0.393 e. The molecule has 1 aliphatic heterocycles. The summed E-state index contributed by atoms with van der Waals surface area (Å²) in [6.07, 6.45) is 0.548. The minimum Gasteiger partial charge on any atom is -0.393 e. The fraction of sp³-hybridized carbons (Fsp3) is 0.412. The summed E-state index contributed by atoms with van der Waals surface area (Å²) in [5.74, 6) is 0.398. The van der Waals surface area contributed by atoms with Gasteiger partial charge in [0.2, 0.25) is 0 Å². The lowest BCUT2D eigenvalue weighted by molar-refractivity contribution is -0.123. The van der Waals surface area contributed by atoms with Gasteiger partial charge in [0, 0.05) is 19.0 Å². The molecule has 1 unspecified atom stereocenters. The highest BCUT2D eigenvalue weighted by Gasteiger charge is 2.38. The van der Waals surface area contributed by atoms with Crippen LogP contribution in [0.15, 0.2) is 40.9 Å². The minimum atomic E-state index is -0.784. The minimum absolute atomic E-state index is 0.149. The molecule has 6 nitrogen and oxygen atoms in total. The molecule has 0 spiro atoms. The van der Waals surface area contributed by atoms with E-state index in [1.807, 2.05) is 30.3 Å². The number of aliphatic hydroxyl groups excluding tert-OH is 1. The smallest absolute Gasteiger partial charge is 0.276 e. The van der Waals surface area contributed by atoms with Gasteiger partial charge in [-0.2, -0.15) is 0 Å². The zero-order chi connectivity index (χ0) is 16.3. The van der Waals surface area contributed by atoms with Crippen molar-refractivity contribution >= 4 is 5.91 Å². The molecule has 1 N–H and O–H groups in total. The number of rotatable bonds is 4. The second kappa shape index (κ2) is 6.52. The van der Waals surface area contributed by atoms with Crippen LogP contribution in [-0.2, 0) is 11.2 Å². The summed E-state index contributed by atoms with van der Waals surface area (Å²) in [6, 6.07) is 11.4. The predicted molar refractivity (Wildman–Crippen MR) is 83.1 cm³/mol. The maximum absolute atomic E-state index is 12.5. The molecule has 1 aliphatic rings. The van der Waals surface area contributed by atoms with Crippen LogP contribution in [-0.4, -0.2) is 53.0 Å². The van der Waals surface area contributed by atoms with Crippen molar-refractivity contribution in [3.05, 3.63) is 53.4 Å². The molecule has 1 atom stereocenters. The number of amides is 1. The van der Waals surface area contributed by atoms with Crippen LogP contribution in [0.1, 0.15) is 21.8 Å². The number of carbonyl (C=O) groups excluding carboxylic acids is 1. The van der Waals surface area contributed by atoms with Crippen LogP contribution in [0.4, 0.5) is 0 Å². The molecular formula is C17H20N2O4. The van der Waals surface area contributed by atoms with Crippen LogP contribution in [0.25, 0.3) is 0 Å². The molecule has 2 heterocycles. The molecule has 1 fully saturated rings. The summed E-state index contributed by atoms with van der Waals surface area (Å²) in [7, 11) is 0. The van der Waals surface area contributed by atoms with Crippen LogP contribution < -0.4 is 0 Å². The van der Waals surface area contributed by atoms with Gasteiger partial charge in [-0.15, -0.1) is 0 Å². The summed E-state index contributed by atoms with van der Waals surface area (Å²) in [6.45, 7) is 2.78. The fourth-order valence-corrected chi connectivity index (χ4v) is 2.87. The molecule has 3 rings (SSSR count). The first-order chi connectivity index (χ1) is 11.1. The Morgan fingerprint density at radius 3 is 2.83 bits per heavy atom. The standard InChI is InChI=1S/C17H20N2O4/c1-13-9-15(18-23-13)16(21)19-7-8-22-17(11-19,12-20)10-14-5-3-2-4-6-14/h2-6,9,20H,7-8,10-12H2,1H3. The van der Waals surface area contributed by atoms with E-state index in [9.17, 15) is 9.90 Å². The zero-order valence-corrected chi connectivity index (χ0v) is 13.1. The Morgan fingerprint density at radius 2 is 2.17 bits per heavy atom. The van der Waals surface area contributed by atoms with Gasteiger partial charge in [-0.05, 0) is 12.5 Å². The number of aromatic nitrogens is 1. The lowest BCUT2D eigenvalue weighted by Gasteiger charge is -2.41. The number of nitrogens with zero attached hydrogens (tertiary/aromatic N) is 2. The first-order valence-corrected chi connectivity index (χ1v) is 7.63. The van der Waals surface area contributed by atoms with Crippen LogP contribution in [0.3, 0.4) is 0 Å². The maximum Gasteiger partial charge on any atom is 0.276 e. The number of hydrogen-bond donors (Lipinski definition) is 1. The van der Waals surface area contributed by atoms with Crippen LogP contribution in [0, 0.1) is 6.92 Å². The molecule has 1 amide bonds. The molecule has 0 saturated carbocycles. The third-order valence-electron chi connectivity index (χ3n) is 4.04. The lowest BCUT2D eigenvalue weighted by atomic mass is 9.93. The number of carbonyl (C=O) groups is 1. The van der Waals surface area contributed by atoms with E-state index in [0.29, 0.717) is 31.9 Å². The highest BCUT2D eigenvalue weighted by atomic mass is 16.5. The van der Waals surface area contributed by atoms with Crippen LogP contribution in [0.2, 0.25) is 0 Å². The molecule has 122 valence electrons. The Balaban J connectivity index is 1.76. The number of aryl methyl sites for hydroxylation is 1. The molecule has 6 heteroatoms. The lowest BCUT2D eigenvalue weighted by Crippen LogP contribution is -2.56. The first kappa shape index (κ1) is 15.7. The SMILES string of the molecule is Cc1cc(C(=O)N2CCOC(CO)(Cc3ccccc3)C2)no1. The van der Waals surface area contributed by atoms with Gasteiger partial charge in [-0.3, -0.25) is 4.79 Å². The van der Waals surface area contributed by atoms with E-state index in [4.69, 9.17) is 9.26 Å². The van der Waals surface area contributed by atoms with E-state index in [2.05, 4.69) is 5.16 Å². The monoisotopic (exact) mass is 316 g/mol. The van der Waals surface area contributed by atoms with Crippen molar-refractivity contribution in [1.29, 1.82) is 0 Å². The molecule has 1 aromatic carbocycles. The highest BCUT2D eigenvalue weighted by molar-refractivity contribution is 5.92. The van der Waals surface area contributed by atoms with Gasteiger partial charge in [0.05, 0.1) is 19.8 Å². The van der Waals surface area contributed by atoms with Crippen molar-refractivity contribution in [2.24, 2.45) is 0 Å². The summed E-state index contributed by atoms with van der Waals surface area (Å²) in [5.41, 5.74) is 0.567. The number of benzene rings is 1. The van der Waals surface area contributed by atoms with Gasteiger partial charge < -0.3 is 19.3 Å². The average molecular weight is 316 g/mol. The number of aliphatic hydroxyl groups is 1. The van der Waals surface area contributed by atoms with E-state index in [1.54, 1.807) is 17.9 Å². The van der Waals surface area contributed by atoms with Crippen molar-refractivity contribution in [2.45, 2.75) is 18.9 Å². The third-order valence-corrected chi connectivity index (χ3v) is 4.04. The van der Waals surface area contributed by atoms with Gasteiger partial charge >= 0.3 is 0 Å². The van der Waals surface area contributed by atoms with E-state index < -0.39 is 5.60 Å². The molecule has 0 aliphatic carbocycles. The Kier molecular flexibility index (Phi) is 4.45. The summed E-state index contributed by atoms with van der Waals surface area (Å²) in [4.78, 5) is 14.2. The summed E-state index contributed by atoms with van der Waals surface area (Å²) in [5, 5.41) is 13.7. The Hall–Kier alpha value is -2.18. The van der Waals surface area contributed by atoms with E-state index in [-0.39, 0.29) is 18.2 Å². The van der Waals surface area contributed by atoms with Gasteiger partial charge in [-0.1, -0.05) is 35.5 Å². The predicted octanol–water partition coefficient (Wildman–Crippen LogP) is 1.43. The first-order valence-electron chi connectivity index (χ1n) is 7.63. The van der Waals surface area contributed by atoms with E-state index in [0.717, 1.165) is 5.56 Å². The highest BCUT2D eigenvalue weighted by Crippen LogP contribution is 2.24. The maximum atomic E-state index is 12.5. The Morgan fingerprint density at radius 1 is 1.39 bits per heavy atom. The van der Waals surface area contributed by atoms with E-state index >= 15 is 0 Å². The van der Waals surface area contributed by atoms with Gasteiger partial charge in [0.15, 0.2) is 5.69 Å². The number of ether oxygens (including phenoxy) is 1. The van der Waals surface area contributed by atoms with Crippen molar-refractivity contribution in [2.75, 3.05) is 26.3 Å². The van der Waals surface area contributed by atoms with Crippen molar-refractivity contribution in [3.8, 4) is 0 Å². The normalized spacial score (nSPS) is 21.4. The van der Waals surface area contributed by atoms with E-state index in [1.165, 1.54) is 0 Å². The van der Waals surface area contributed by atoms with Gasteiger partial charge in [0.1, 0.15) is 11.4 Å². The van der Waals surface area contributed by atoms with Crippen molar-refractivity contribution < 1.29 is 19.2 Å². The summed E-state index contributed by atoms with van der Waals surface area (Å²) < 4.78 is 10.8. The number of morpholine rings is 1. The molecule has 2 aromatic rings. The molecule has 1 aromatic heterocycles. The molecule has 0 radical (unpaired) electrons. The average Bonchev–Trinajstić information content (AvgIpc) is 3.02. The second-order valence-electron chi connectivity index (χ2n) is 5.90.